The van der Waals surface area contributed by atoms with Crippen molar-refractivity contribution in [2.75, 3.05) is 7.05 Å². The maximum absolute atomic E-state index is 12.0. The van der Waals surface area contributed by atoms with Gasteiger partial charge >= 0.3 is 6.09 Å². The molecule has 0 bridgehead atoms. The Bertz CT molecular complexity index is 670. The van der Waals surface area contributed by atoms with Gasteiger partial charge in [0.15, 0.2) is 6.29 Å². The second-order valence-electron chi connectivity index (χ2n) is 5.94. The molecule has 0 atom stereocenters. The molecule has 1 aromatic heterocycles. The normalized spacial score (nSPS) is 11.4. The first-order chi connectivity index (χ1) is 9.81. The van der Waals surface area contributed by atoms with E-state index in [2.05, 4.69) is 0 Å². The Morgan fingerprint density at radius 3 is 2.71 bits per heavy atom. The van der Waals surface area contributed by atoms with E-state index < -0.39 is 5.60 Å². The molecule has 112 valence electrons. The van der Waals surface area contributed by atoms with Crippen molar-refractivity contribution in [2.24, 2.45) is 0 Å². The highest BCUT2D eigenvalue weighted by Gasteiger charge is 2.20. The summed E-state index contributed by atoms with van der Waals surface area (Å²) in [5.74, 6) is 0. The van der Waals surface area contributed by atoms with E-state index in [-0.39, 0.29) is 6.09 Å². The van der Waals surface area contributed by atoms with Crippen LogP contribution < -0.4 is 0 Å². The average molecular weight is 305 g/mol. The summed E-state index contributed by atoms with van der Waals surface area (Å²) < 4.78 is 6.38. The first-order valence-electron chi connectivity index (χ1n) is 6.70. The minimum absolute atomic E-state index is 0.355. The van der Waals surface area contributed by atoms with Crippen LogP contribution >= 0.6 is 11.3 Å². The smallest absolute Gasteiger partial charge is 0.410 e. The van der Waals surface area contributed by atoms with E-state index in [1.54, 1.807) is 11.9 Å². The Hall–Kier alpha value is -1.88. The first-order valence-corrected chi connectivity index (χ1v) is 7.58. The Labute approximate surface area is 128 Å². The number of carbonyl (C=O) groups is 2. The standard InChI is InChI=1S/C16H19NO3S/c1-16(2,3)20-15(19)17(4)8-11-6-5-7-13-12(9-18)10-21-14(11)13/h5-7,9-10H,8H2,1-4H3. The molecule has 0 N–H and O–H groups in total. The van der Waals surface area contributed by atoms with Crippen LogP contribution in [0.5, 0.6) is 0 Å². The maximum Gasteiger partial charge on any atom is 0.410 e. The Morgan fingerprint density at radius 2 is 2.10 bits per heavy atom. The largest absolute Gasteiger partial charge is 0.444 e. The predicted octanol–water partition coefficient (Wildman–Crippen LogP) is 4.08. The lowest BCUT2D eigenvalue weighted by molar-refractivity contribution is 0.0286. The number of fused-ring (bicyclic) bond motifs is 1. The van der Waals surface area contributed by atoms with Crippen LogP contribution in [0.2, 0.25) is 0 Å². The number of thiophene rings is 1. The Morgan fingerprint density at radius 1 is 1.38 bits per heavy atom. The zero-order valence-corrected chi connectivity index (χ0v) is 13.5. The number of hydrogen-bond donors (Lipinski definition) is 0. The van der Waals surface area contributed by atoms with Gasteiger partial charge < -0.3 is 9.64 Å². The van der Waals surface area contributed by atoms with Gasteiger partial charge in [0.1, 0.15) is 5.60 Å². The van der Waals surface area contributed by atoms with Crippen molar-refractivity contribution >= 4 is 33.8 Å². The van der Waals surface area contributed by atoms with E-state index >= 15 is 0 Å². The van der Waals surface area contributed by atoms with Gasteiger partial charge in [-0.05, 0) is 26.3 Å². The van der Waals surface area contributed by atoms with Crippen LogP contribution in [0, 0.1) is 0 Å². The molecule has 2 aromatic rings. The van der Waals surface area contributed by atoms with Crippen LogP contribution in [-0.4, -0.2) is 29.9 Å². The molecule has 0 radical (unpaired) electrons. The average Bonchev–Trinajstić information content (AvgIpc) is 2.80. The van der Waals surface area contributed by atoms with Crippen molar-refractivity contribution in [3.63, 3.8) is 0 Å². The van der Waals surface area contributed by atoms with Gasteiger partial charge in [0.05, 0.1) is 6.54 Å². The van der Waals surface area contributed by atoms with E-state index in [9.17, 15) is 9.59 Å². The molecule has 21 heavy (non-hydrogen) atoms. The van der Waals surface area contributed by atoms with Crippen LogP contribution in [0.1, 0.15) is 36.7 Å². The lowest BCUT2D eigenvalue weighted by Crippen LogP contribution is -2.33. The first kappa shape index (κ1) is 15.5. The molecule has 0 aliphatic rings. The van der Waals surface area contributed by atoms with Crippen molar-refractivity contribution in [1.82, 2.24) is 4.90 Å². The Balaban J connectivity index is 2.22. The highest BCUT2D eigenvalue weighted by atomic mass is 32.1. The van der Waals surface area contributed by atoms with E-state index in [1.807, 2.05) is 44.4 Å². The molecule has 0 spiro atoms. The number of benzene rings is 1. The summed E-state index contributed by atoms with van der Waals surface area (Å²) >= 11 is 1.52. The van der Waals surface area contributed by atoms with Gasteiger partial charge in [-0.25, -0.2) is 4.79 Å². The third kappa shape index (κ3) is 3.61. The molecule has 5 heteroatoms. The number of carbonyl (C=O) groups excluding carboxylic acids is 2. The minimum Gasteiger partial charge on any atom is -0.444 e. The highest BCUT2D eigenvalue weighted by Crippen LogP contribution is 2.29. The van der Waals surface area contributed by atoms with Gasteiger partial charge in [-0.1, -0.05) is 18.2 Å². The minimum atomic E-state index is -0.509. The molecule has 0 saturated heterocycles. The number of amides is 1. The summed E-state index contributed by atoms with van der Waals surface area (Å²) in [6.07, 6.45) is 0.506. The molecule has 0 fully saturated rings. The molecule has 2 rings (SSSR count). The molecule has 0 aliphatic carbocycles. The summed E-state index contributed by atoms with van der Waals surface area (Å²) in [6, 6.07) is 5.79. The molecule has 0 saturated carbocycles. The third-order valence-electron chi connectivity index (χ3n) is 2.95. The lowest BCUT2D eigenvalue weighted by atomic mass is 10.1. The van der Waals surface area contributed by atoms with Crippen molar-refractivity contribution in [2.45, 2.75) is 32.9 Å². The number of hydrogen-bond acceptors (Lipinski definition) is 4. The predicted molar refractivity (Wildman–Crippen MR) is 84.9 cm³/mol. The maximum atomic E-state index is 12.0. The highest BCUT2D eigenvalue weighted by molar-refractivity contribution is 7.17. The molecule has 1 heterocycles. The summed E-state index contributed by atoms with van der Waals surface area (Å²) in [5, 5.41) is 2.78. The molecular formula is C16H19NO3S. The van der Waals surface area contributed by atoms with Crippen molar-refractivity contribution in [1.29, 1.82) is 0 Å². The molecule has 4 nitrogen and oxygen atoms in total. The number of aldehydes is 1. The number of ether oxygens (including phenoxy) is 1. The van der Waals surface area contributed by atoms with Gasteiger partial charge in [-0.3, -0.25) is 4.79 Å². The van der Waals surface area contributed by atoms with Gasteiger partial charge in [0, 0.05) is 28.1 Å². The summed E-state index contributed by atoms with van der Waals surface area (Å²) in [5.41, 5.74) is 1.20. The van der Waals surface area contributed by atoms with Crippen LogP contribution in [0.15, 0.2) is 23.6 Å². The second-order valence-corrected chi connectivity index (χ2v) is 6.82. The van der Waals surface area contributed by atoms with Crippen LogP contribution in [0.25, 0.3) is 10.1 Å². The fourth-order valence-corrected chi connectivity index (χ4v) is 3.04. The topological polar surface area (TPSA) is 46.6 Å². The Kier molecular flexibility index (Phi) is 4.32. The molecule has 1 amide bonds. The molecule has 0 aliphatic heterocycles. The summed E-state index contributed by atoms with van der Waals surface area (Å²) in [6.45, 7) is 5.98. The van der Waals surface area contributed by atoms with E-state index in [0.29, 0.717) is 12.1 Å². The fourth-order valence-electron chi connectivity index (χ4n) is 2.01. The zero-order valence-electron chi connectivity index (χ0n) is 12.7. The zero-order chi connectivity index (χ0) is 15.6. The monoisotopic (exact) mass is 305 g/mol. The van der Waals surface area contributed by atoms with Crippen LogP contribution in [-0.2, 0) is 11.3 Å². The fraction of sp³-hybridized carbons (Fsp3) is 0.375. The van der Waals surface area contributed by atoms with E-state index in [4.69, 9.17) is 4.74 Å². The lowest BCUT2D eigenvalue weighted by Gasteiger charge is -2.24. The summed E-state index contributed by atoms with van der Waals surface area (Å²) in [4.78, 5) is 24.6. The van der Waals surface area contributed by atoms with Crippen LogP contribution in [0.3, 0.4) is 0 Å². The second kappa shape index (κ2) is 5.85. The molecule has 1 aromatic carbocycles. The molecule has 0 unspecified atom stereocenters. The van der Waals surface area contributed by atoms with Gasteiger partial charge in [-0.15, -0.1) is 11.3 Å². The number of nitrogens with zero attached hydrogens (tertiary/aromatic N) is 1. The van der Waals surface area contributed by atoms with Crippen molar-refractivity contribution < 1.29 is 14.3 Å². The van der Waals surface area contributed by atoms with E-state index in [1.165, 1.54) is 11.3 Å². The third-order valence-corrected chi connectivity index (χ3v) is 4.04. The van der Waals surface area contributed by atoms with Gasteiger partial charge in [-0.2, -0.15) is 0 Å². The van der Waals surface area contributed by atoms with Gasteiger partial charge in [0.2, 0.25) is 0 Å². The van der Waals surface area contributed by atoms with E-state index in [0.717, 1.165) is 21.9 Å². The van der Waals surface area contributed by atoms with Crippen molar-refractivity contribution in [3.8, 4) is 0 Å². The SMILES string of the molecule is CN(Cc1cccc2c(C=O)csc12)C(=O)OC(C)(C)C. The van der Waals surface area contributed by atoms with Crippen LogP contribution in [0.4, 0.5) is 4.79 Å². The number of rotatable bonds is 3. The quantitative estimate of drug-likeness (QED) is 0.803. The molecular weight excluding hydrogens is 286 g/mol. The van der Waals surface area contributed by atoms with Gasteiger partial charge in [0.25, 0.3) is 0 Å². The summed E-state index contributed by atoms with van der Waals surface area (Å²) in [7, 11) is 1.71. The van der Waals surface area contributed by atoms with Crippen molar-refractivity contribution in [3.05, 3.63) is 34.7 Å².